The molecule has 7 heteroatoms. The van der Waals surface area contributed by atoms with E-state index in [-0.39, 0.29) is 11.9 Å². The van der Waals surface area contributed by atoms with Crippen molar-refractivity contribution in [1.82, 2.24) is 4.90 Å². The zero-order chi connectivity index (χ0) is 23.8. The molecule has 4 rings (SSSR count). The van der Waals surface area contributed by atoms with Gasteiger partial charge in [-0.2, -0.15) is 0 Å². The molecule has 0 fully saturated rings. The minimum atomic E-state index is -0.207. The predicted molar refractivity (Wildman–Crippen MR) is 133 cm³/mol. The van der Waals surface area contributed by atoms with E-state index < -0.39 is 0 Å². The van der Waals surface area contributed by atoms with Gasteiger partial charge in [-0.25, -0.2) is 4.39 Å². The fraction of sp³-hybridized carbons (Fsp3) is 0.192. The van der Waals surface area contributed by atoms with E-state index in [0.29, 0.717) is 17.3 Å². The Morgan fingerprint density at radius 2 is 1.91 bits per heavy atom. The van der Waals surface area contributed by atoms with Crippen LogP contribution in [-0.2, 0) is 4.79 Å². The van der Waals surface area contributed by atoms with Gasteiger partial charge in [-0.05, 0) is 66.1 Å². The molecule has 5 nitrogen and oxygen atoms in total. The van der Waals surface area contributed by atoms with Crippen molar-refractivity contribution in [2.24, 2.45) is 0 Å². The van der Waals surface area contributed by atoms with Crippen molar-refractivity contribution in [1.29, 1.82) is 0 Å². The third kappa shape index (κ3) is 6.26. The first-order valence-electron chi connectivity index (χ1n) is 10.5. The standard InChI is InChI=1S/C19H19ClN2O2.C7H8FN/c1-24-16-5-2-13(3-6-16)19-10-14(8-9-22(19)12-23)17-11-15(20)4-7-18(17)21;1-9-7-4-2-3-6(8)5-7/h2-7,10-12,19H,8-9,21H2,1H3;2-5,9H,1H3. The van der Waals surface area contributed by atoms with Crippen LogP contribution in [0.5, 0.6) is 5.75 Å². The molecule has 0 aromatic heterocycles. The molecule has 33 heavy (non-hydrogen) atoms. The Hall–Kier alpha value is -3.51. The second kappa shape index (κ2) is 11.4. The summed E-state index contributed by atoms with van der Waals surface area (Å²) in [7, 11) is 3.39. The van der Waals surface area contributed by atoms with E-state index >= 15 is 0 Å². The summed E-state index contributed by atoms with van der Waals surface area (Å²) >= 11 is 6.12. The molecule has 0 saturated carbocycles. The maximum absolute atomic E-state index is 12.3. The van der Waals surface area contributed by atoms with Crippen LogP contribution in [0.25, 0.3) is 5.57 Å². The highest BCUT2D eigenvalue weighted by molar-refractivity contribution is 6.30. The van der Waals surface area contributed by atoms with Gasteiger partial charge in [-0.15, -0.1) is 0 Å². The number of carbonyl (C=O) groups excluding carboxylic acids is 1. The van der Waals surface area contributed by atoms with E-state index in [9.17, 15) is 9.18 Å². The number of nitrogens with zero attached hydrogens (tertiary/aromatic N) is 1. The van der Waals surface area contributed by atoms with Gasteiger partial charge in [0.15, 0.2) is 0 Å². The molecule has 1 atom stereocenters. The lowest BCUT2D eigenvalue weighted by Gasteiger charge is -2.32. The smallest absolute Gasteiger partial charge is 0.210 e. The van der Waals surface area contributed by atoms with Crippen LogP contribution in [0.3, 0.4) is 0 Å². The normalized spacial score (nSPS) is 15.1. The third-order valence-corrected chi connectivity index (χ3v) is 5.66. The number of carbonyl (C=O) groups is 1. The first-order chi connectivity index (χ1) is 15.9. The van der Waals surface area contributed by atoms with E-state index in [4.69, 9.17) is 22.1 Å². The van der Waals surface area contributed by atoms with Crippen molar-refractivity contribution in [2.75, 3.05) is 31.8 Å². The first-order valence-corrected chi connectivity index (χ1v) is 10.9. The molecule has 1 unspecified atom stereocenters. The molecule has 1 heterocycles. The number of hydrogen-bond donors (Lipinski definition) is 2. The molecule has 1 aliphatic rings. The number of nitrogens with one attached hydrogen (secondary N) is 1. The van der Waals surface area contributed by atoms with Crippen LogP contribution >= 0.6 is 11.6 Å². The van der Waals surface area contributed by atoms with E-state index in [2.05, 4.69) is 11.4 Å². The predicted octanol–water partition coefficient (Wildman–Crippen LogP) is 5.79. The number of halogens is 2. The van der Waals surface area contributed by atoms with Crippen LogP contribution in [0.15, 0.2) is 72.8 Å². The Morgan fingerprint density at radius 1 is 1.15 bits per heavy atom. The van der Waals surface area contributed by atoms with Crippen molar-refractivity contribution in [3.8, 4) is 5.75 Å². The molecule has 3 aromatic carbocycles. The molecule has 1 aliphatic heterocycles. The second-order valence-electron chi connectivity index (χ2n) is 7.50. The average Bonchev–Trinajstić information content (AvgIpc) is 2.85. The van der Waals surface area contributed by atoms with Gasteiger partial charge in [0, 0.05) is 35.6 Å². The van der Waals surface area contributed by atoms with Crippen molar-refractivity contribution in [3.63, 3.8) is 0 Å². The van der Waals surface area contributed by atoms with E-state index in [1.165, 1.54) is 12.1 Å². The summed E-state index contributed by atoms with van der Waals surface area (Å²) in [4.78, 5) is 13.2. The largest absolute Gasteiger partial charge is 0.497 e. The van der Waals surface area contributed by atoms with Crippen LogP contribution < -0.4 is 15.8 Å². The monoisotopic (exact) mass is 467 g/mol. The Morgan fingerprint density at radius 3 is 2.52 bits per heavy atom. The zero-order valence-electron chi connectivity index (χ0n) is 18.6. The number of rotatable bonds is 5. The van der Waals surface area contributed by atoms with Crippen LogP contribution in [0.4, 0.5) is 15.8 Å². The third-order valence-electron chi connectivity index (χ3n) is 5.42. The first kappa shape index (κ1) is 24.1. The van der Waals surface area contributed by atoms with E-state index in [1.54, 1.807) is 31.2 Å². The molecule has 0 bridgehead atoms. The van der Waals surface area contributed by atoms with Gasteiger partial charge in [-0.3, -0.25) is 4.79 Å². The number of benzene rings is 3. The zero-order valence-corrected chi connectivity index (χ0v) is 19.4. The highest BCUT2D eigenvalue weighted by atomic mass is 35.5. The number of nitrogen functional groups attached to an aromatic ring is 1. The Kier molecular flexibility index (Phi) is 8.33. The molecule has 0 radical (unpaired) electrons. The molecule has 0 aliphatic carbocycles. The summed E-state index contributed by atoms with van der Waals surface area (Å²) in [5.74, 6) is 0.581. The number of anilines is 2. The number of methoxy groups -OCH3 is 1. The SMILES string of the molecule is CNc1cccc(F)c1.COc1ccc(C2C=C(c3cc(Cl)ccc3N)CCN2C=O)cc1. The van der Waals surface area contributed by atoms with E-state index in [1.807, 2.05) is 42.5 Å². The lowest BCUT2D eigenvalue weighted by Crippen LogP contribution is -2.30. The fourth-order valence-electron chi connectivity index (χ4n) is 3.64. The summed E-state index contributed by atoms with van der Waals surface area (Å²) in [6.07, 6.45) is 3.72. The van der Waals surface area contributed by atoms with Gasteiger partial charge in [-0.1, -0.05) is 35.9 Å². The highest BCUT2D eigenvalue weighted by Gasteiger charge is 2.23. The minimum Gasteiger partial charge on any atom is -0.497 e. The van der Waals surface area contributed by atoms with Crippen molar-refractivity contribution >= 4 is 35.0 Å². The maximum Gasteiger partial charge on any atom is 0.210 e. The summed E-state index contributed by atoms with van der Waals surface area (Å²) in [5.41, 5.74) is 10.7. The van der Waals surface area contributed by atoms with Crippen LogP contribution in [0, 0.1) is 5.82 Å². The summed E-state index contributed by atoms with van der Waals surface area (Å²) in [5, 5.41) is 3.48. The fourth-order valence-corrected chi connectivity index (χ4v) is 3.81. The average molecular weight is 468 g/mol. The molecule has 172 valence electrons. The maximum atomic E-state index is 12.3. The quantitative estimate of drug-likeness (QED) is 0.368. The summed E-state index contributed by atoms with van der Waals surface area (Å²) < 4.78 is 17.5. The van der Waals surface area contributed by atoms with Gasteiger partial charge in [0.25, 0.3) is 0 Å². The van der Waals surface area contributed by atoms with Crippen molar-refractivity contribution < 1.29 is 13.9 Å². The van der Waals surface area contributed by atoms with Gasteiger partial charge in [0.1, 0.15) is 11.6 Å². The molecular formula is C26H27ClFN3O2. The number of nitrogens with two attached hydrogens (primary N) is 1. The molecule has 3 aromatic rings. The number of amides is 1. The van der Waals surface area contributed by atoms with Gasteiger partial charge in [0.2, 0.25) is 6.41 Å². The van der Waals surface area contributed by atoms with Crippen LogP contribution in [-0.4, -0.2) is 32.0 Å². The lowest BCUT2D eigenvalue weighted by molar-refractivity contribution is -0.119. The molecular weight excluding hydrogens is 441 g/mol. The summed E-state index contributed by atoms with van der Waals surface area (Å²) in [6, 6.07) is 19.4. The Labute approximate surface area is 198 Å². The van der Waals surface area contributed by atoms with Crippen molar-refractivity contribution in [3.05, 3.63) is 94.8 Å². The number of hydrogen-bond acceptors (Lipinski definition) is 4. The van der Waals surface area contributed by atoms with Crippen molar-refractivity contribution in [2.45, 2.75) is 12.5 Å². The minimum absolute atomic E-state index is 0.129. The number of ether oxygens (including phenoxy) is 1. The van der Waals surface area contributed by atoms with Gasteiger partial charge in [0.05, 0.1) is 13.2 Å². The van der Waals surface area contributed by atoms with Gasteiger partial charge < -0.3 is 20.7 Å². The Balaban J connectivity index is 0.000000286. The summed E-state index contributed by atoms with van der Waals surface area (Å²) in [6.45, 7) is 0.637. The topological polar surface area (TPSA) is 67.6 Å². The second-order valence-corrected chi connectivity index (χ2v) is 7.93. The lowest BCUT2D eigenvalue weighted by atomic mass is 9.92. The molecule has 0 spiro atoms. The van der Waals surface area contributed by atoms with E-state index in [0.717, 1.165) is 41.0 Å². The van der Waals surface area contributed by atoms with Gasteiger partial charge >= 0.3 is 0 Å². The molecule has 1 amide bonds. The Bertz CT molecular complexity index is 1120. The van der Waals surface area contributed by atoms with Crippen LogP contribution in [0.1, 0.15) is 23.6 Å². The highest BCUT2D eigenvalue weighted by Crippen LogP contribution is 2.36. The molecule has 0 saturated heterocycles. The van der Waals surface area contributed by atoms with Crippen LogP contribution in [0.2, 0.25) is 5.02 Å². The molecule has 3 N–H and O–H groups in total.